The van der Waals surface area contributed by atoms with E-state index < -0.39 is 12.0 Å². The summed E-state index contributed by atoms with van der Waals surface area (Å²) < 4.78 is 5.19. The van der Waals surface area contributed by atoms with E-state index in [2.05, 4.69) is 0 Å². The highest BCUT2D eigenvalue weighted by molar-refractivity contribution is 5.97. The summed E-state index contributed by atoms with van der Waals surface area (Å²) in [7, 11) is 1.55. The van der Waals surface area contributed by atoms with Crippen LogP contribution in [0.15, 0.2) is 18.2 Å². The monoisotopic (exact) mass is 263 g/mol. The first-order valence-corrected chi connectivity index (χ1v) is 6.23. The minimum absolute atomic E-state index is 0.247. The Morgan fingerprint density at radius 2 is 2.16 bits per heavy atom. The van der Waals surface area contributed by atoms with Crippen LogP contribution < -0.4 is 4.74 Å². The summed E-state index contributed by atoms with van der Waals surface area (Å²) in [5, 5.41) is 9.11. The van der Waals surface area contributed by atoms with Crippen LogP contribution in [0.5, 0.6) is 5.75 Å². The first kappa shape index (κ1) is 13.4. The molecular weight excluding hydrogens is 246 g/mol. The summed E-state index contributed by atoms with van der Waals surface area (Å²) in [5.41, 5.74) is 1.41. The third-order valence-corrected chi connectivity index (χ3v) is 3.45. The summed E-state index contributed by atoms with van der Waals surface area (Å²) in [4.78, 5) is 24.9. The molecule has 0 radical (unpaired) electrons. The van der Waals surface area contributed by atoms with Crippen LogP contribution in [0.1, 0.15) is 28.8 Å². The van der Waals surface area contributed by atoms with Crippen LogP contribution in [-0.2, 0) is 4.79 Å². The zero-order chi connectivity index (χ0) is 14.0. The quantitative estimate of drug-likeness (QED) is 0.901. The summed E-state index contributed by atoms with van der Waals surface area (Å²) >= 11 is 0. The molecule has 1 atom stereocenters. The Hall–Kier alpha value is -2.04. The first-order chi connectivity index (χ1) is 9.04. The van der Waals surface area contributed by atoms with Crippen molar-refractivity contribution in [2.45, 2.75) is 25.8 Å². The molecule has 19 heavy (non-hydrogen) atoms. The largest absolute Gasteiger partial charge is 0.496 e. The lowest BCUT2D eigenvalue weighted by Gasteiger charge is -2.21. The number of carboxylic acids is 1. The molecule has 1 N–H and O–H groups in total. The fourth-order valence-electron chi connectivity index (χ4n) is 2.39. The second-order valence-electron chi connectivity index (χ2n) is 4.68. The van der Waals surface area contributed by atoms with Crippen molar-refractivity contribution in [1.29, 1.82) is 0 Å². The number of hydrogen-bond donors (Lipinski definition) is 1. The number of benzene rings is 1. The van der Waals surface area contributed by atoms with Gasteiger partial charge in [0.05, 0.1) is 7.11 Å². The molecule has 5 nitrogen and oxygen atoms in total. The van der Waals surface area contributed by atoms with Crippen molar-refractivity contribution in [1.82, 2.24) is 4.90 Å². The molecule has 2 rings (SSSR count). The van der Waals surface area contributed by atoms with Gasteiger partial charge >= 0.3 is 5.97 Å². The van der Waals surface area contributed by atoms with E-state index in [1.54, 1.807) is 25.3 Å². The number of nitrogens with zero attached hydrogens (tertiary/aromatic N) is 1. The van der Waals surface area contributed by atoms with Crippen LogP contribution in [0.3, 0.4) is 0 Å². The van der Waals surface area contributed by atoms with Gasteiger partial charge in [0.15, 0.2) is 0 Å². The number of rotatable bonds is 3. The third-order valence-electron chi connectivity index (χ3n) is 3.45. The number of aryl methyl sites for hydroxylation is 1. The van der Waals surface area contributed by atoms with Gasteiger partial charge in [0.2, 0.25) is 0 Å². The Labute approximate surface area is 111 Å². The molecule has 0 spiro atoms. The standard InChI is InChI=1S/C14H17NO4/c1-9-5-6-10(8-12(9)19-2)13(16)15-7-3-4-11(15)14(17)18/h5-6,8,11H,3-4,7H2,1-2H3,(H,17,18)/t11-/m0/s1. The van der Waals surface area contributed by atoms with Crippen molar-refractivity contribution < 1.29 is 19.4 Å². The van der Waals surface area contributed by atoms with Gasteiger partial charge in [-0.25, -0.2) is 4.79 Å². The Morgan fingerprint density at radius 3 is 2.79 bits per heavy atom. The smallest absolute Gasteiger partial charge is 0.326 e. The maximum atomic E-state index is 12.3. The zero-order valence-electron chi connectivity index (χ0n) is 11.0. The van der Waals surface area contributed by atoms with E-state index in [1.165, 1.54) is 4.90 Å². The van der Waals surface area contributed by atoms with E-state index in [1.807, 2.05) is 6.92 Å². The lowest BCUT2D eigenvalue weighted by Crippen LogP contribution is -2.40. The van der Waals surface area contributed by atoms with E-state index in [0.717, 1.165) is 12.0 Å². The highest BCUT2D eigenvalue weighted by Gasteiger charge is 2.34. The van der Waals surface area contributed by atoms with Crippen LogP contribution in [0.25, 0.3) is 0 Å². The molecule has 0 aliphatic carbocycles. The van der Waals surface area contributed by atoms with Gasteiger partial charge in [0.25, 0.3) is 5.91 Å². The van der Waals surface area contributed by atoms with Crippen LogP contribution in [-0.4, -0.2) is 41.6 Å². The average molecular weight is 263 g/mol. The van der Waals surface area contributed by atoms with Gasteiger partial charge in [0, 0.05) is 12.1 Å². The summed E-state index contributed by atoms with van der Waals surface area (Å²) in [6.45, 7) is 2.38. The fourth-order valence-corrected chi connectivity index (χ4v) is 2.39. The Morgan fingerprint density at radius 1 is 1.42 bits per heavy atom. The predicted octanol–water partition coefficient (Wildman–Crippen LogP) is 1.69. The number of hydrogen-bond acceptors (Lipinski definition) is 3. The minimum Gasteiger partial charge on any atom is -0.496 e. The van der Waals surface area contributed by atoms with Crippen LogP contribution >= 0.6 is 0 Å². The number of amides is 1. The van der Waals surface area contributed by atoms with Gasteiger partial charge in [-0.15, -0.1) is 0 Å². The Balaban J connectivity index is 2.26. The van der Waals surface area contributed by atoms with Crippen LogP contribution in [0.2, 0.25) is 0 Å². The topological polar surface area (TPSA) is 66.8 Å². The van der Waals surface area contributed by atoms with E-state index in [9.17, 15) is 9.59 Å². The molecule has 0 unspecified atom stereocenters. The molecule has 0 aromatic heterocycles. The molecule has 1 fully saturated rings. The van der Waals surface area contributed by atoms with E-state index in [-0.39, 0.29) is 5.91 Å². The summed E-state index contributed by atoms with van der Waals surface area (Å²) in [6, 6.07) is 4.46. The minimum atomic E-state index is -0.940. The summed E-state index contributed by atoms with van der Waals surface area (Å²) in [5.74, 6) is -0.551. The van der Waals surface area contributed by atoms with Gasteiger partial charge < -0.3 is 14.7 Å². The number of methoxy groups -OCH3 is 1. The van der Waals surface area contributed by atoms with Crippen LogP contribution in [0.4, 0.5) is 0 Å². The number of likely N-dealkylation sites (tertiary alicyclic amines) is 1. The van der Waals surface area contributed by atoms with Gasteiger partial charge in [-0.2, -0.15) is 0 Å². The first-order valence-electron chi connectivity index (χ1n) is 6.23. The van der Waals surface area contributed by atoms with Gasteiger partial charge in [-0.3, -0.25) is 4.79 Å². The molecule has 1 aromatic carbocycles. The van der Waals surface area contributed by atoms with Crippen molar-refractivity contribution in [2.24, 2.45) is 0 Å². The SMILES string of the molecule is COc1cc(C(=O)N2CCC[C@H]2C(=O)O)ccc1C. The summed E-state index contributed by atoms with van der Waals surface area (Å²) in [6.07, 6.45) is 1.25. The molecule has 1 amide bonds. The van der Waals surface area contributed by atoms with Crippen molar-refractivity contribution in [3.8, 4) is 5.75 Å². The molecule has 1 aromatic rings. The lowest BCUT2D eigenvalue weighted by molar-refractivity contribution is -0.141. The van der Waals surface area contributed by atoms with Crippen molar-refractivity contribution >= 4 is 11.9 Å². The second-order valence-corrected chi connectivity index (χ2v) is 4.68. The lowest BCUT2D eigenvalue weighted by atomic mass is 10.1. The van der Waals surface area contributed by atoms with Gasteiger partial charge in [-0.05, 0) is 37.5 Å². The average Bonchev–Trinajstić information content (AvgIpc) is 2.87. The molecule has 1 saturated heterocycles. The van der Waals surface area contributed by atoms with Crippen molar-refractivity contribution in [3.05, 3.63) is 29.3 Å². The van der Waals surface area contributed by atoms with Crippen molar-refractivity contribution in [3.63, 3.8) is 0 Å². The molecule has 102 valence electrons. The maximum absolute atomic E-state index is 12.3. The number of ether oxygens (including phenoxy) is 1. The molecule has 0 bridgehead atoms. The predicted molar refractivity (Wildman–Crippen MR) is 69.4 cm³/mol. The molecule has 1 aliphatic heterocycles. The maximum Gasteiger partial charge on any atom is 0.326 e. The van der Waals surface area contributed by atoms with E-state index in [4.69, 9.17) is 9.84 Å². The molecule has 0 saturated carbocycles. The molecule has 1 heterocycles. The third kappa shape index (κ3) is 2.54. The second kappa shape index (κ2) is 5.30. The van der Waals surface area contributed by atoms with Crippen LogP contribution in [0, 0.1) is 6.92 Å². The number of carbonyl (C=O) groups is 2. The molecular formula is C14H17NO4. The zero-order valence-corrected chi connectivity index (χ0v) is 11.0. The van der Waals surface area contributed by atoms with Gasteiger partial charge in [-0.1, -0.05) is 6.07 Å². The Bertz CT molecular complexity index is 512. The van der Waals surface area contributed by atoms with Crippen molar-refractivity contribution in [2.75, 3.05) is 13.7 Å². The highest BCUT2D eigenvalue weighted by Crippen LogP contribution is 2.24. The van der Waals surface area contributed by atoms with Gasteiger partial charge in [0.1, 0.15) is 11.8 Å². The highest BCUT2D eigenvalue weighted by atomic mass is 16.5. The van der Waals surface area contributed by atoms with E-state index >= 15 is 0 Å². The number of carboxylic acid groups (broad SMARTS) is 1. The number of aliphatic carboxylic acids is 1. The Kier molecular flexibility index (Phi) is 3.74. The number of carbonyl (C=O) groups excluding carboxylic acids is 1. The molecule has 1 aliphatic rings. The normalized spacial score (nSPS) is 18.4. The van der Waals surface area contributed by atoms with E-state index in [0.29, 0.717) is 24.3 Å². The fraction of sp³-hybridized carbons (Fsp3) is 0.429. The molecule has 5 heteroatoms.